The summed E-state index contributed by atoms with van der Waals surface area (Å²) in [5.74, 6) is 0. The standard InChI is InChI=1S/C10H12O18Si2/c11-1-13-5-15-3-12-4-16-6-14-2(11)18-8-21-7(17-1)25-29(23-5)27-9(19-3)22-10(20-4)28-30(24-6)26-8/h1-10,29-30H. The Bertz CT molecular complexity index is 447. The highest BCUT2D eigenvalue weighted by Crippen LogP contribution is 2.33. The van der Waals surface area contributed by atoms with E-state index in [1.807, 2.05) is 0 Å². The van der Waals surface area contributed by atoms with E-state index in [9.17, 15) is 0 Å². The zero-order valence-corrected chi connectivity index (χ0v) is 16.6. The second-order valence-corrected chi connectivity index (χ2v) is 8.70. The third-order valence-electron chi connectivity index (χ3n) is 4.00. The van der Waals surface area contributed by atoms with Gasteiger partial charge in [0, 0.05) is 0 Å². The Hall–Kier alpha value is -0.286. The van der Waals surface area contributed by atoms with Gasteiger partial charge in [0.15, 0.2) is 0 Å². The van der Waals surface area contributed by atoms with Crippen LogP contribution in [0.1, 0.15) is 0 Å². The molecule has 6 aliphatic heterocycles. The molecule has 6 saturated heterocycles. The molecule has 0 amide bonds. The first-order valence-corrected chi connectivity index (χ1v) is 11.3. The van der Waals surface area contributed by atoms with E-state index >= 15 is 0 Å². The normalized spacial score (nSPS) is 57.6. The summed E-state index contributed by atoms with van der Waals surface area (Å²) in [4.78, 5) is 0. The fourth-order valence-corrected chi connectivity index (χ4v) is 5.03. The molecule has 0 aromatic rings. The minimum Gasteiger partial charge on any atom is -0.325 e. The molecule has 0 spiro atoms. The van der Waals surface area contributed by atoms with E-state index < -0.39 is 83.8 Å². The summed E-state index contributed by atoms with van der Waals surface area (Å²) in [7, 11) is -6.34. The van der Waals surface area contributed by atoms with Crippen LogP contribution in [-0.2, 0) is 83.4 Å². The average molecular weight is 476 g/mol. The van der Waals surface area contributed by atoms with Gasteiger partial charge < -0.3 is 26.6 Å². The van der Waals surface area contributed by atoms with Gasteiger partial charge in [0.05, 0.1) is 0 Å². The molecule has 8 unspecified atom stereocenters. The van der Waals surface area contributed by atoms with Crippen LogP contribution in [0.4, 0.5) is 0 Å². The summed E-state index contributed by atoms with van der Waals surface area (Å²) < 4.78 is 99.3. The van der Waals surface area contributed by atoms with Crippen LogP contribution in [0.15, 0.2) is 0 Å². The maximum Gasteiger partial charge on any atom is 0.495 e. The second kappa shape index (κ2) is 7.64. The maximum absolute atomic E-state index is 5.59. The van der Waals surface area contributed by atoms with Crippen LogP contribution in [0.25, 0.3) is 0 Å². The predicted molar refractivity (Wildman–Crippen MR) is 71.7 cm³/mol. The molecule has 0 aromatic carbocycles. The molecule has 6 heterocycles. The Balaban J connectivity index is 1.34. The molecular weight excluding hydrogens is 464 g/mol. The Labute approximate surface area is 168 Å². The van der Waals surface area contributed by atoms with Gasteiger partial charge in [-0.1, -0.05) is 0 Å². The van der Waals surface area contributed by atoms with Crippen molar-refractivity contribution in [2.45, 2.75) is 64.8 Å². The summed E-state index contributed by atoms with van der Waals surface area (Å²) in [5, 5.41) is 0. The Morgan fingerprint density at radius 1 is 0.233 bits per heavy atom. The van der Waals surface area contributed by atoms with Gasteiger partial charge >= 0.3 is 19.1 Å². The van der Waals surface area contributed by atoms with Crippen LogP contribution in [0.5, 0.6) is 0 Å². The van der Waals surface area contributed by atoms with Gasteiger partial charge in [-0.15, -0.1) is 0 Å². The zero-order valence-electron chi connectivity index (χ0n) is 14.3. The highest BCUT2D eigenvalue weighted by atomic mass is 28.3. The number of hydrogen-bond donors (Lipinski definition) is 0. The smallest absolute Gasteiger partial charge is 0.325 e. The van der Waals surface area contributed by atoms with Crippen LogP contribution in [0.3, 0.4) is 0 Å². The Morgan fingerprint density at radius 3 is 0.633 bits per heavy atom. The quantitative estimate of drug-likeness (QED) is 0.318. The minimum absolute atomic E-state index is 1.48. The average Bonchev–Trinajstić information content (AvgIpc) is 2.54. The van der Waals surface area contributed by atoms with E-state index in [4.69, 9.17) is 83.4 Å². The van der Waals surface area contributed by atoms with Gasteiger partial charge in [-0.25, -0.2) is 0 Å². The molecule has 12 bridgehead atoms. The van der Waals surface area contributed by atoms with Gasteiger partial charge in [0.2, 0.25) is 0 Å². The fourth-order valence-electron chi connectivity index (χ4n) is 2.79. The molecule has 0 aliphatic carbocycles. The molecule has 6 fully saturated rings. The first-order chi connectivity index (χ1) is 14.7. The molecule has 168 valence electrons. The van der Waals surface area contributed by atoms with Crippen LogP contribution < -0.4 is 0 Å². The number of rotatable bonds is 0. The monoisotopic (exact) mass is 476 g/mol. The number of hydrogen-bond acceptors (Lipinski definition) is 18. The summed E-state index contributed by atoms with van der Waals surface area (Å²) in [6.07, 6.45) is 0. The summed E-state index contributed by atoms with van der Waals surface area (Å²) in [6, 6.07) is 0. The van der Waals surface area contributed by atoms with Crippen LogP contribution in [0.2, 0.25) is 0 Å². The van der Waals surface area contributed by atoms with E-state index in [0.29, 0.717) is 0 Å². The van der Waals surface area contributed by atoms with Crippen molar-refractivity contribution in [3.05, 3.63) is 0 Å². The Kier molecular flexibility index (Phi) is 4.89. The largest absolute Gasteiger partial charge is 0.495 e. The van der Waals surface area contributed by atoms with Crippen LogP contribution >= 0.6 is 0 Å². The summed E-state index contributed by atoms with van der Waals surface area (Å²) >= 11 is 0. The van der Waals surface area contributed by atoms with Crippen LogP contribution in [0, 0.1) is 0 Å². The van der Waals surface area contributed by atoms with Crippen molar-refractivity contribution in [2.75, 3.05) is 0 Å². The van der Waals surface area contributed by atoms with Gasteiger partial charge in [-0.2, -0.15) is 0 Å². The molecule has 8 atom stereocenters. The molecule has 20 heteroatoms. The Morgan fingerprint density at radius 2 is 0.400 bits per heavy atom. The lowest BCUT2D eigenvalue weighted by molar-refractivity contribution is -0.606. The van der Waals surface area contributed by atoms with Crippen LogP contribution in [-0.4, -0.2) is 83.8 Å². The van der Waals surface area contributed by atoms with Gasteiger partial charge in [0.1, 0.15) is 0 Å². The van der Waals surface area contributed by atoms with Crippen molar-refractivity contribution >= 4 is 19.1 Å². The number of fused-ring (bicyclic) bond motifs is 12. The van der Waals surface area contributed by atoms with Crippen molar-refractivity contribution in [3.63, 3.8) is 0 Å². The van der Waals surface area contributed by atoms with E-state index in [1.165, 1.54) is 0 Å². The predicted octanol–water partition coefficient (Wildman–Crippen LogP) is -3.35. The molecule has 0 aromatic heterocycles. The molecule has 6 rings (SSSR count). The molecule has 0 radical (unpaired) electrons. The molecule has 30 heavy (non-hydrogen) atoms. The summed E-state index contributed by atoms with van der Waals surface area (Å²) in [6.45, 7) is -15.1. The van der Waals surface area contributed by atoms with Crippen molar-refractivity contribution in [1.29, 1.82) is 0 Å². The highest BCUT2D eigenvalue weighted by molar-refractivity contribution is 6.36. The highest BCUT2D eigenvalue weighted by Gasteiger charge is 2.51. The first-order valence-electron chi connectivity index (χ1n) is 8.49. The lowest BCUT2D eigenvalue weighted by Gasteiger charge is -2.46. The van der Waals surface area contributed by atoms with Gasteiger partial charge in [-0.05, 0) is 0 Å². The van der Waals surface area contributed by atoms with Gasteiger partial charge in [0.25, 0.3) is 64.8 Å². The maximum atomic E-state index is 5.59. The minimum atomic E-state index is -3.17. The fraction of sp³-hybridized carbons (Fsp3) is 1.00. The van der Waals surface area contributed by atoms with Crippen molar-refractivity contribution in [3.8, 4) is 0 Å². The van der Waals surface area contributed by atoms with E-state index in [-0.39, 0.29) is 0 Å². The molecular formula is C10H12O18Si2. The molecule has 6 aliphatic rings. The second-order valence-electron chi connectivity index (χ2n) is 5.91. The molecule has 0 N–H and O–H groups in total. The number of ether oxygens (including phenoxy) is 12. The van der Waals surface area contributed by atoms with E-state index in [1.54, 1.807) is 0 Å². The van der Waals surface area contributed by atoms with Crippen molar-refractivity contribution in [2.24, 2.45) is 0 Å². The third-order valence-corrected chi connectivity index (χ3v) is 6.67. The lowest BCUT2D eigenvalue weighted by atomic mass is 10.9. The van der Waals surface area contributed by atoms with Gasteiger partial charge in [-0.3, -0.25) is 56.8 Å². The summed E-state index contributed by atoms with van der Waals surface area (Å²) in [5.41, 5.74) is 0. The third kappa shape index (κ3) is 3.85. The molecule has 0 saturated carbocycles. The van der Waals surface area contributed by atoms with E-state index in [0.717, 1.165) is 0 Å². The van der Waals surface area contributed by atoms with Crippen molar-refractivity contribution in [1.82, 2.24) is 0 Å². The van der Waals surface area contributed by atoms with E-state index in [2.05, 4.69) is 0 Å². The lowest BCUT2D eigenvalue weighted by Crippen LogP contribution is -2.60. The molecule has 18 nitrogen and oxygen atoms in total. The zero-order chi connectivity index (χ0) is 19.7. The van der Waals surface area contributed by atoms with Crippen molar-refractivity contribution < 1.29 is 83.4 Å². The SMILES string of the molecule is O1C2OC3OC4OC5OC6OC1OC1OC(O2)O[SiH](O3)OC(O4)OC(O5)O[SiH](O6)O1. The topological polar surface area (TPSA) is 166 Å². The first kappa shape index (κ1) is 19.2.